The van der Waals surface area contributed by atoms with Crippen LogP contribution in [0.25, 0.3) is 0 Å². The van der Waals surface area contributed by atoms with Crippen LogP contribution in [0.5, 0.6) is 0 Å². The van der Waals surface area contributed by atoms with Crippen LogP contribution in [0.1, 0.15) is 24.0 Å². The number of hydrogen-bond acceptors (Lipinski definition) is 5. The van der Waals surface area contributed by atoms with Gasteiger partial charge in [0.15, 0.2) is 14.6 Å². The Kier molecular flexibility index (Phi) is 6.28. The highest BCUT2D eigenvalue weighted by Gasteiger charge is 2.48. The van der Waals surface area contributed by atoms with E-state index in [1.165, 1.54) is 12.1 Å². The molecule has 0 aromatic heterocycles. The highest BCUT2D eigenvalue weighted by molar-refractivity contribution is 7.97. The van der Waals surface area contributed by atoms with Crippen LogP contribution in [0.2, 0.25) is 0 Å². The number of rotatable bonds is 6. The van der Waals surface area contributed by atoms with Crippen LogP contribution in [0, 0.1) is 5.82 Å². The molecule has 1 amide bonds. The fourth-order valence-electron chi connectivity index (χ4n) is 2.99. The van der Waals surface area contributed by atoms with Crippen molar-refractivity contribution in [1.29, 1.82) is 0 Å². The number of halogens is 1. The Labute approximate surface area is 146 Å². The number of piperidine rings is 1. The van der Waals surface area contributed by atoms with Gasteiger partial charge in [-0.1, -0.05) is 6.07 Å². The summed E-state index contributed by atoms with van der Waals surface area (Å²) >= 11 is 1.56. The van der Waals surface area contributed by atoms with Gasteiger partial charge in [-0.2, -0.15) is 11.8 Å². The van der Waals surface area contributed by atoms with Gasteiger partial charge in [-0.15, -0.1) is 0 Å². The Bertz CT molecular complexity index is 701. The van der Waals surface area contributed by atoms with Crippen LogP contribution in [-0.2, 0) is 26.9 Å². The molecule has 24 heavy (non-hydrogen) atoms. The van der Waals surface area contributed by atoms with E-state index in [-0.39, 0.29) is 25.2 Å². The molecule has 1 aromatic carbocycles. The first-order valence-corrected chi connectivity index (χ1v) is 11.0. The van der Waals surface area contributed by atoms with Gasteiger partial charge >= 0.3 is 0 Å². The van der Waals surface area contributed by atoms with E-state index in [0.717, 1.165) is 17.4 Å². The molecule has 1 aliphatic heterocycles. The summed E-state index contributed by atoms with van der Waals surface area (Å²) in [5, 5.41) is 5.84. The molecule has 1 aliphatic rings. The molecule has 1 aromatic rings. The monoisotopic (exact) mass is 374 g/mol. The normalized spacial score (nSPS) is 17.5. The second-order valence-corrected chi connectivity index (χ2v) is 9.24. The second kappa shape index (κ2) is 7.84. The van der Waals surface area contributed by atoms with E-state index in [4.69, 9.17) is 0 Å². The van der Waals surface area contributed by atoms with E-state index in [1.54, 1.807) is 17.8 Å². The summed E-state index contributed by atoms with van der Waals surface area (Å²) in [7, 11) is -3.53. The number of carbonyl (C=O) groups is 1. The molecule has 2 rings (SSSR count). The number of nitrogens with one attached hydrogen (secondary N) is 2. The number of amides is 1. The van der Waals surface area contributed by atoms with Crippen LogP contribution in [0.4, 0.5) is 4.39 Å². The zero-order valence-electron chi connectivity index (χ0n) is 13.9. The Morgan fingerprint density at radius 3 is 2.58 bits per heavy atom. The maximum absolute atomic E-state index is 13.4. The molecule has 1 saturated heterocycles. The van der Waals surface area contributed by atoms with E-state index in [1.807, 2.05) is 6.26 Å². The van der Waals surface area contributed by atoms with E-state index in [9.17, 15) is 17.6 Å². The van der Waals surface area contributed by atoms with Crippen LogP contribution in [0.3, 0.4) is 0 Å². The van der Waals surface area contributed by atoms with Gasteiger partial charge in [-0.25, -0.2) is 12.8 Å². The minimum absolute atomic E-state index is 0.194. The summed E-state index contributed by atoms with van der Waals surface area (Å²) in [5.41, 5.74) is 1.61. The number of sulfone groups is 1. The molecule has 134 valence electrons. The Morgan fingerprint density at radius 2 is 2.00 bits per heavy atom. The van der Waals surface area contributed by atoms with E-state index in [2.05, 4.69) is 10.6 Å². The lowest BCUT2D eigenvalue weighted by Crippen LogP contribution is -2.57. The average Bonchev–Trinajstić information content (AvgIpc) is 2.54. The first kappa shape index (κ1) is 19.2. The molecular formula is C16H23FN2O3S2. The standard InChI is InChI=1S/C16H23FN2O3S2/c1-23-11-13-9-14(17)4-3-12(13)10-19-15(20)16(24(2,21)22)5-7-18-8-6-16/h3-4,9,18H,5-8,10-11H2,1-2H3,(H,19,20). The number of benzene rings is 1. The van der Waals surface area contributed by atoms with Crippen molar-refractivity contribution >= 4 is 27.5 Å². The Balaban J connectivity index is 2.17. The van der Waals surface area contributed by atoms with Crippen molar-refractivity contribution in [3.8, 4) is 0 Å². The molecule has 0 radical (unpaired) electrons. The third kappa shape index (κ3) is 4.10. The van der Waals surface area contributed by atoms with Gasteiger partial charge in [0, 0.05) is 18.6 Å². The third-order valence-corrected chi connectivity index (χ3v) is 7.06. The van der Waals surface area contributed by atoms with Gasteiger partial charge in [0.05, 0.1) is 0 Å². The molecule has 0 aliphatic carbocycles. The lowest BCUT2D eigenvalue weighted by Gasteiger charge is -2.34. The third-order valence-electron chi connectivity index (χ3n) is 4.44. The molecule has 5 nitrogen and oxygen atoms in total. The van der Waals surface area contributed by atoms with Crippen LogP contribution in [0.15, 0.2) is 18.2 Å². The van der Waals surface area contributed by atoms with Gasteiger partial charge in [0.1, 0.15) is 5.82 Å². The summed E-state index contributed by atoms with van der Waals surface area (Å²) < 4.78 is 36.5. The highest BCUT2D eigenvalue weighted by atomic mass is 32.2. The summed E-state index contributed by atoms with van der Waals surface area (Å²) in [6.45, 7) is 1.18. The zero-order chi connectivity index (χ0) is 17.8. The number of carbonyl (C=O) groups excluding carboxylic acids is 1. The minimum Gasteiger partial charge on any atom is -0.351 e. The first-order valence-electron chi connectivity index (χ1n) is 7.75. The van der Waals surface area contributed by atoms with Crippen molar-refractivity contribution in [3.05, 3.63) is 35.1 Å². The number of thioether (sulfide) groups is 1. The molecule has 1 heterocycles. The van der Waals surface area contributed by atoms with E-state index in [0.29, 0.717) is 18.8 Å². The van der Waals surface area contributed by atoms with Crippen LogP contribution in [-0.4, -0.2) is 44.7 Å². The van der Waals surface area contributed by atoms with Gasteiger partial charge in [0.25, 0.3) is 0 Å². The first-order chi connectivity index (χ1) is 11.3. The molecular weight excluding hydrogens is 351 g/mol. The smallest absolute Gasteiger partial charge is 0.241 e. The number of hydrogen-bond donors (Lipinski definition) is 2. The van der Waals surface area contributed by atoms with Crippen molar-refractivity contribution < 1.29 is 17.6 Å². The lowest BCUT2D eigenvalue weighted by molar-refractivity contribution is -0.124. The fourth-order valence-corrected chi connectivity index (χ4v) is 4.92. The minimum atomic E-state index is -3.53. The Morgan fingerprint density at radius 1 is 1.33 bits per heavy atom. The van der Waals surface area contributed by atoms with Crippen LogP contribution < -0.4 is 10.6 Å². The van der Waals surface area contributed by atoms with Gasteiger partial charge in [-0.3, -0.25) is 4.79 Å². The SMILES string of the molecule is CSCc1cc(F)ccc1CNC(=O)C1(S(C)(=O)=O)CCNCC1. The maximum atomic E-state index is 13.4. The molecule has 0 unspecified atom stereocenters. The molecule has 0 atom stereocenters. The highest BCUT2D eigenvalue weighted by Crippen LogP contribution is 2.28. The van der Waals surface area contributed by atoms with E-state index >= 15 is 0 Å². The summed E-state index contributed by atoms with van der Waals surface area (Å²) in [5.74, 6) is -0.157. The van der Waals surface area contributed by atoms with Gasteiger partial charge in [-0.05, 0) is 55.4 Å². The molecule has 0 bridgehead atoms. The Hall–Kier alpha value is -1.12. The van der Waals surface area contributed by atoms with Crippen molar-refractivity contribution in [2.45, 2.75) is 29.9 Å². The fraction of sp³-hybridized carbons (Fsp3) is 0.562. The predicted octanol–water partition coefficient (Wildman–Crippen LogP) is 1.47. The predicted molar refractivity (Wildman–Crippen MR) is 95.1 cm³/mol. The maximum Gasteiger partial charge on any atom is 0.241 e. The molecule has 2 N–H and O–H groups in total. The quantitative estimate of drug-likeness (QED) is 0.789. The summed E-state index contributed by atoms with van der Waals surface area (Å²) in [6.07, 6.45) is 3.56. The van der Waals surface area contributed by atoms with Crippen LogP contribution >= 0.6 is 11.8 Å². The van der Waals surface area contributed by atoms with Crippen molar-refractivity contribution in [2.75, 3.05) is 25.6 Å². The van der Waals surface area contributed by atoms with Gasteiger partial charge < -0.3 is 10.6 Å². The van der Waals surface area contributed by atoms with Crippen molar-refractivity contribution in [2.24, 2.45) is 0 Å². The average molecular weight is 375 g/mol. The topological polar surface area (TPSA) is 75.3 Å². The molecule has 0 spiro atoms. The second-order valence-electron chi connectivity index (χ2n) is 6.05. The molecule has 0 saturated carbocycles. The van der Waals surface area contributed by atoms with Gasteiger partial charge in [0.2, 0.25) is 5.91 Å². The largest absolute Gasteiger partial charge is 0.351 e. The summed E-state index contributed by atoms with van der Waals surface area (Å²) in [4.78, 5) is 12.7. The van der Waals surface area contributed by atoms with E-state index < -0.39 is 20.5 Å². The zero-order valence-corrected chi connectivity index (χ0v) is 15.5. The lowest BCUT2D eigenvalue weighted by atomic mass is 9.95. The summed E-state index contributed by atoms with van der Waals surface area (Å²) in [6, 6.07) is 4.44. The van der Waals surface area contributed by atoms with Crippen molar-refractivity contribution in [3.63, 3.8) is 0 Å². The van der Waals surface area contributed by atoms with Crippen molar-refractivity contribution in [1.82, 2.24) is 10.6 Å². The molecule has 1 fully saturated rings. The molecule has 8 heteroatoms.